The van der Waals surface area contributed by atoms with Gasteiger partial charge < -0.3 is 19.8 Å². The highest BCUT2D eigenvalue weighted by Gasteiger charge is 2.38. The van der Waals surface area contributed by atoms with E-state index < -0.39 is 0 Å². The second-order valence-corrected chi connectivity index (χ2v) is 16.2. The molecule has 10 nitrogen and oxygen atoms in total. The number of hydrogen-bond donors (Lipinski definition) is 2. The van der Waals surface area contributed by atoms with Crippen molar-refractivity contribution in [3.8, 4) is 22.5 Å². The molecule has 4 unspecified atom stereocenters. The number of aromatic amines is 2. The van der Waals surface area contributed by atoms with E-state index in [1.807, 2.05) is 121 Å². The first-order chi connectivity index (χ1) is 28.2. The van der Waals surface area contributed by atoms with Gasteiger partial charge in [0.2, 0.25) is 11.8 Å². The van der Waals surface area contributed by atoms with Crippen molar-refractivity contribution in [1.82, 2.24) is 39.5 Å². The second kappa shape index (κ2) is 17.3. The van der Waals surface area contributed by atoms with Gasteiger partial charge in [-0.3, -0.25) is 19.4 Å². The summed E-state index contributed by atoms with van der Waals surface area (Å²) in [5, 5.41) is 0. The van der Waals surface area contributed by atoms with Crippen molar-refractivity contribution in [2.75, 3.05) is 41.3 Å². The van der Waals surface area contributed by atoms with E-state index in [1.54, 1.807) is 0 Å². The number of aromatic nitrogens is 4. The number of nitrogens with one attached hydrogen (secondary N) is 2. The minimum Gasteiger partial charge on any atom is -0.340 e. The summed E-state index contributed by atoms with van der Waals surface area (Å²) >= 11 is 0. The minimum atomic E-state index is -0.332. The Kier molecular flexibility index (Phi) is 11.7. The molecule has 0 saturated carbocycles. The molecule has 0 bridgehead atoms. The summed E-state index contributed by atoms with van der Waals surface area (Å²) in [6.45, 7) is 1.46. The number of aryl methyl sites for hydroxylation is 2. The van der Waals surface area contributed by atoms with Crippen molar-refractivity contribution in [1.29, 1.82) is 0 Å². The van der Waals surface area contributed by atoms with Crippen LogP contribution < -0.4 is 0 Å². The summed E-state index contributed by atoms with van der Waals surface area (Å²) in [5.41, 5.74) is 8.63. The highest BCUT2D eigenvalue weighted by molar-refractivity contribution is 5.84. The smallest absolute Gasteiger partial charge is 0.245 e. The van der Waals surface area contributed by atoms with E-state index >= 15 is 0 Å². The number of carbonyl (C=O) groups excluding carboxylic acids is 2. The molecule has 0 spiro atoms. The van der Waals surface area contributed by atoms with Gasteiger partial charge >= 0.3 is 0 Å². The standard InChI is InChI=1S/C48H54N8O2/c1-53(2)43(37-13-7-5-8-14-37)47(57)55-29-11-17-41(55)45-49-31-39(51-45)35-25-21-33(22-26-35)19-20-34-23-27-36(28-24-34)40-32-50-46(52-40)42-18-12-30-56(42)48(58)44(54(3)4)38-15-9-6-10-16-38/h5-10,13-16,21-28,31-32,41-44H,11-12,17-20,29-30H2,1-4H3,(H,49,51)(H,50,52). The number of H-pyrrole nitrogens is 2. The van der Waals surface area contributed by atoms with Gasteiger partial charge in [0.25, 0.3) is 0 Å². The van der Waals surface area contributed by atoms with Crippen molar-refractivity contribution in [2.45, 2.75) is 62.7 Å². The highest BCUT2D eigenvalue weighted by atomic mass is 16.2. The van der Waals surface area contributed by atoms with Crippen LogP contribution in [0.1, 0.15) is 83.8 Å². The Morgan fingerprint density at radius 3 is 1.33 bits per heavy atom. The van der Waals surface area contributed by atoms with Crippen molar-refractivity contribution in [3.05, 3.63) is 155 Å². The monoisotopic (exact) mass is 774 g/mol. The summed E-state index contributed by atoms with van der Waals surface area (Å²) < 4.78 is 0. The zero-order chi connectivity index (χ0) is 40.2. The van der Waals surface area contributed by atoms with E-state index in [0.717, 1.165) is 96.9 Å². The average molecular weight is 775 g/mol. The van der Waals surface area contributed by atoms with Crippen LogP contribution in [-0.4, -0.2) is 92.6 Å². The fourth-order valence-electron chi connectivity index (χ4n) is 8.83. The van der Waals surface area contributed by atoms with Crippen LogP contribution in [-0.2, 0) is 22.4 Å². The van der Waals surface area contributed by atoms with E-state index in [4.69, 9.17) is 9.97 Å². The van der Waals surface area contributed by atoms with E-state index in [1.165, 1.54) is 11.1 Å². The number of likely N-dealkylation sites (tertiary alicyclic amines) is 2. The first-order valence-electron chi connectivity index (χ1n) is 20.6. The Labute approximate surface area is 341 Å². The number of benzene rings is 4. The fraction of sp³-hybridized carbons (Fsp3) is 0.333. The largest absolute Gasteiger partial charge is 0.340 e. The number of rotatable bonds is 13. The van der Waals surface area contributed by atoms with Gasteiger partial charge in [0.05, 0.1) is 35.9 Å². The number of carbonyl (C=O) groups is 2. The van der Waals surface area contributed by atoms with E-state index in [0.29, 0.717) is 0 Å². The van der Waals surface area contributed by atoms with Gasteiger partial charge in [-0.25, -0.2) is 9.97 Å². The molecule has 2 fully saturated rings. The lowest BCUT2D eigenvalue weighted by atomic mass is 10.0. The van der Waals surface area contributed by atoms with Gasteiger partial charge in [0.1, 0.15) is 23.7 Å². The zero-order valence-corrected chi connectivity index (χ0v) is 34.0. The quantitative estimate of drug-likeness (QED) is 0.123. The maximum Gasteiger partial charge on any atom is 0.245 e. The molecule has 0 radical (unpaired) electrons. The summed E-state index contributed by atoms with van der Waals surface area (Å²) in [4.78, 5) is 52.5. The van der Waals surface area contributed by atoms with Crippen LogP contribution in [0.4, 0.5) is 0 Å². The van der Waals surface area contributed by atoms with Crippen LogP contribution in [0.3, 0.4) is 0 Å². The fourth-order valence-corrected chi connectivity index (χ4v) is 8.83. The van der Waals surface area contributed by atoms with Crippen molar-refractivity contribution < 1.29 is 9.59 Å². The Balaban J connectivity index is 0.869. The molecular weight excluding hydrogens is 721 g/mol. The Morgan fingerprint density at radius 1 is 0.586 bits per heavy atom. The van der Waals surface area contributed by atoms with Crippen molar-refractivity contribution >= 4 is 11.8 Å². The third-order valence-corrected chi connectivity index (χ3v) is 11.9. The zero-order valence-electron chi connectivity index (χ0n) is 34.0. The van der Waals surface area contributed by atoms with E-state index in [-0.39, 0.29) is 36.0 Å². The molecule has 2 N–H and O–H groups in total. The highest BCUT2D eigenvalue weighted by Crippen LogP contribution is 2.37. The molecule has 2 aliphatic rings. The molecule has 4 heterocycles. The number of imidazole rings is 2. The van der Waals surface area contributed by atoms with Gasteiger partial charge in [-0.2, -0.15) is 0 Å². The van der Waals surface area contributed by atoms with Crippen molar-refractivity contribution in [3.63, 3.8) is 0 Å². The number of amides is 2. The number of nitrogens with zero attached hydrogens (tertiary/aromatic N) is 6. The number of likely N-dealkylation sites (N-methyl/N-ethyl adjacent to an activating group) is 2. The van der Waals surface area contributed by atoms with Crippen molar-refractivity contribution in [2.24, 2.45) is 0 Å². The second-order valence-electron chi connectivity index (χ2n) is 16.2. The topological polar surface area (TPSA) is 104 Å². The van der Waals surface area contributed by atoms with Crippen LogP contribution in [0, 0.1) is 0 Å². The van der Waals surface area contributed by atoms with Gasteiger partial charge in [-0.15, -0.1) is 0 Å². The molecule has 298 valence electrons. The maximum atomic E-state index is 13.9. The molecule has 10 heteroatoms. The predicted molar refractivity (Wildman–Crippen MR) is 229 cm³/mol. The molecule has 2 amide bonds. The first kappa shape index (κ1) is 39.0. The van der Waals surface area contributed by atoms with Gasteiger partial charge in [-0.1, -0.05) is 109 Å². The lowest BCUT2D eigenvalue weighted by Crippen LogP contribution is -2.40. The lowest BCUT2D eigenvalue weighted by Gasteiger charge is -2.31. The summed E-state index contributed by atoms with van der Waals surface area (Å²) in [5.74, 6) is 1.92. The predicted octanol–water partition coefficient (Wildman–Crippen LogP) is 8.18. The molecule has 2 aliphatic heterocycles. The van der Waals surface area contributed by atoms with E-state index in [2.05, 4.69) is 58.5 Å². The maximum absolute atomic E-state index is 13.9. The van der Waals surface area contributed by atoms with Gasteiger partial charge in [0.15, 0.2) is 0 Å². The molecule has 2 saturated heterocycles. The van der Waals surface area contributed by atoms with Gasteiger partial charge in [-0.05, 0) is 100 Å². The molecule has 4 atom stereocenters. The molecule has 0 aliphatic carbocycles. The molecule has 2 aromatic heterocycles. The first-order valence-corrected chi connectivity index (χ1v) is 20.6. The SMILES string of the molecule is CN(C)C(C(=O)N1CCCC1c1ncc(-c2ccc(CCc3ccc(-c4cnc(C5CCCN5C(=O)C(c5ccccc5)N(C)C)[nH]4)cc3)cc2)[nH]1)c1ccccc1. The molecular formula is C48H54N8O2. The molecule has 4 aromatic carbocycles. The normalized spacial score (nSPS) is 18.0. The van der Waals surface area contributed by atoms with Crippen LogP contribution in [0.2, 0.25) is 0 Å². The van der Waals surface area contributed by atoms with Gasteiger partial charge in [0, 0.05) is 13.1 Å². The summed E-state index contributed by atoms with van der Waals surface area (Å²) in [6, 6.07) is 36.6. The Bertz CT molecular complexity index is 2120. The third kappa shape index (κ3) is 8.26. The Morgan fingerprint density at radius 2 is 0.966 bits per heavy atom. The van der Waals surface area contributed by atoms with E-state index in [9.17, 15) is 9.59 Å². The van der Waals surface area contributed by atoms with Crippen LogP contribution in [0.5, 0.6) is 0 Å². The molecule has 6 aromatic rings. The van der Waals surface area contributed by atoms with Crippen LogP contribution in [0.15, 0.2) is 122 Å². The minimum absolute atomic E-state index is 0.0666. The summed E-state index contributed by atoms with van der Waals surface area (Å²) in [7, 11) is 7.86. The average Bonchev–Trinajstić information content (AvgIpc) is 4.08. The number of hydrogen-bond acceptors (Lipinski definition) is 6. The lowest BCUT2D eigenvalue weighted by molar-refractivity contribution is -0.138. The van der Waals surface area contributed by atoms with Crippen LogP contribution in [0.25, 0.3) is 22.5 Å². The van der Waals surface area contributed by atoms with Crippen LogP contribution >= 0.6 is 0 Å². The molecule has 58 heavy (non-hydrogen) atoms. The summed E-state index contributed by atoms with van der Waals surface area (Å²) in [6.07, 6.45) is 9.35. The Hall–Kier alpha value is -5.84. The third-order valence-electron chi connectivity index (χ3n) is 11.9. The molecule has 8 rings (SSSR count).